The van der Waals surface area contributed by atoms with Crippen molar-refractivity contribution >= 4 is 5.97 Å². The van der Waals surface area contributed by atoms with Crippen LogP contribution < -0.4 is 0 Å². The number of alkyl halides is 7. The zero-order valence-electron chi connectivity index (χ0n) is 11.2. The first-order valence-corrected chi connectivity index (χ1v) is 5.98. The highest BCUT2D eigenvalue weighted by atomic mass is 19.4. The second kappa shape index (κ2) is 9.06. The summed E-state index contributed by atoms with van der Waals surface area (Å²) in [5.41, 5.74) is -5.23. The molecular formula is C11H17F7O3. The minimum absolute atomic E-state index is 0.316. The van der Waals surface area contributed by atoms with Crippen molar-refractivity contribution in [3.8, 4) is 0 Å². The standard InChI is InChI=1S/C6H7F7O.C5H10O2/c7-4(2-1-3-14,5(8,9)10)6(11,12)13;1-2-3-4-5(6)7/h14H,1-3H2;2-4H2,1H3,(H,6,7). The fraction of sp³-hybridized carbons (Fsp3) is 0.909. The molecule has 0 unspecified atom stereocenters. The minimum Gasteiger partial charge on any atom is -0.481 e. The second-order valence-electron chi connectivity index (χ2n) is 4.12. The van der Waals surface area contributed by atoms with Gasteiger partial charge in [-0.05, 0) is 12.8 Å². The average Bonchev–Trinajstić information content (AvgIpc) is 2.31. The maximum Gasteiger partial charge on any atom is 0.431 e. The molecule has 0 aliphatic heterocycles. The molecule has 0 aliphatic rings. The van der Waals surface area contributed by atoms with Crippen molar-refractivity contribution in [2.24, 2.45) is 0 Å². The van der Waals surface area contributed by atoms with Crippen LogP contribution in [0.4, 0.5) is 30.7 Å². The SMILES string of the molecule is CCCCC(=O)O.OCCCC(F)(C(F)(F)F)C(F)(F)F. The van der Waals surface area contributed by atoms with Gasteiger partial charge < -0.3 is 10.2 Å². The third kappa shape index (κ3) is 8.08. The molecule has 0 aromatic rings. The molecule has 0 saturated carbocycles. The van der Waals surface area contributed by atoms with Crippen LogP contribution in [-0.2, 0) is 4.79 Å². The van der Waals surface area contributed by atoms with Gasteiger partial charge in [-0.3, -0.25) is 4.79 Å². The van der Waals surface area contributed by atoms with Gasteiger partial charge in [0.05, 0.1) is 0 Å². The number of hydrogen-bond donors (Lipinski definition) is 2. The lowest BCUT2D eigenvalue weighted by molar-refractivity contribution is -0.343. The molecule has 0 radical (unpaired) electrons. The van der Waals surface area contributed by atoms with Crippen molar-refractivity contribution < 1.29 is 45.7 Å². The van der Waals surface area contributed by atoms with E-state index in [1.807, 2.05) is 6.92 Å². The first kappa shape index (κ1) is 22.2. The van der Waals surface area contributed by atoms with E-state index < -0.39 is 43.4 Å². The van der Waals surface area contributed by atoms with Gasteiger partial charge in [-0.25, -0.2) is 4.39 Å². The second-order valence-corrected chi connectivity index (χ2v) is 4.12. The molecule has 0 bridgehead atoms. The normalized spacial score (nSPS) is 12.6. The molecule has 10 heteroatoms. The molecule has 2 N–H and O–H groups in total. The molecule has 0 aliphatic carbocycles. The van der Waals surface area contributed by atoms with Gasteiger partial charge >= 0.3 is 18.3 Å². The Morgan fingerprint density at radius 1 is 0.952 bits per heavy atom. The summed E-state index contributed by atoms with van der Waals surface area (Å²) in [4.78, 5) is 9.76. The third-order valence-corrected chi connectivity index (χ3v) is 2.32. The molecule has 3 nitrogen and oxygen atoms in total. The van der Waals surface area contributed by atoms with Gasteiger partial charge in [0.2, 0.25) is 0 Å². The Balaban J connectivity index is 0. The molecule has 128 valence electrons. The maximum absolute atomic E-state index is 12.6. The monoisotopic (exact) mass is 330 g/mol. The van der Waals surface area contributed by atoms with Gasteiger partial charge in [0.25, 0.3) is 5.67 Å². The van der Waals surface area contributed by atoms with Crippen molar-refractivity contribution in [3.63, 3.8) is 0 Å². The number of halogens is 7. The van der Waals surface area contributed by atoms with Crippen molar-refractivity contribution in [1.29, 1.82) is 0 Å². The van der Waals surface area contributed by atoms with E-state index in [9.17, 15) is 35.5 Å². The summed E-state index contributed by atoms with van der Waals surface area (Å²) < 4.78 is 83.1. The van der Waals surface area contributed by atoms with Crippen LogP contribution in [0.15, 0.2) is 0 Å². The molecular weight excluding hydrogens is 313 g/mol. The van der Waals surface area contributed by atoms with Crippen molar-refractivity contribution in [2.75, 3.05) is 6.61 Å². The fourth-order valence-corrected chi connectivity index (χ4v) is 1.09. The Bertz CT molecular complexity index is 285. The summed E-state index contributed by atoms with van der Waals surface area (Å²) in [5, 5.41) is 16.1. The van der Waals surface area contributed by atoms with Crippen LogP contribution in [-0.4, -0.2) is 40.8 Å². The topological polar surface area (TPSA) is 57.5 Å². The Morgan fingerprint density at radius 3 is 1.57 bits per heavy atom. The molecule has 0 rings (SSSR count). The largest absolute Gasteiger partial charge is 0.481 e. The van der Waals surface area contributed by atoms with Crippen molar-refractivity contribution in [2.45, 2.75) is 57.0 Å². The molecule has 0 aromatic heterocycles. The maximum atomic E-state index is 12.6. The molecule has 0 saturated heterocycles. The van der Waals surface area contributed by atoms with Gasteiger partial charge in [0, 0.05) is 19.4 Å². The summed E-state index contributed by atoms with van der Waals surface area (Å²) in [5.74, 6) is -0.693. The fourth-order valence-electron chi connectivity index (χ4n) is 1.09. The highest BCUT2D eigenvalue weighted by Crippen LogP contribution is 2.48. The van der Waals surface area contributed by atoms with E-state index in [2.05, 4.69) is 0 Å². The molecule has 0 amide bonds. The highest BCUT2D eigenvalue weighted by molar-refractivity contribution is 5.66. The van der Waals surface area contributed by atoms with Gasteiger partial charge in [0.1, 0.15) is 0 Å². The lowest BCUT2D eigenvalue weighted by Crippen LogP contribution is -2.53. The van der Waals surface area contributed by atoms with E-state index in [4.69, 9.17) is 10.2 Å². The van der Waals surface area contributed by atoms with Crippen LogP contribution in [0.5, 0.6) is 0 Å². The van der Waals surface area contributed by atoms with Gasteiger partial charge in [-0.2, -0.15) is 26.3 Å². The molecule has 0 spiro atoms. The van der Waals surface area contributed by atoms with E-state index in [1.54, 1.807) is 0 Å². The minimum atomic E-state index is -6.01. The predicted molar refractivity (Wildman–Crippen MR) is 59.4 cm³/mol. The Kier molecular flexibility index (Phi) is 9.59. The van der Waals surface area contributed by atoms with E-state index in [1.165, 1.54) is 0 Å². The van der Waals surface area contributed by atoms with E-state index in [-0.39, 0.29) is 0 Å². The number of carboxylic acid groups (broad SMARTS) is 1. The first-order chi connectivity index (χ1) is 9.33. The molecule has 0 fully saturated rings. The molecule has 0 atom stereocenters. The third-order valence-electron chi connectivity index (χ3n) is 2.32. The highest BCUT2D eigenvalue weighted by Gasteiger charge is 2.71. The first-order valence-electron chi connectivity index (χ1n) is 5.98. The van der Waals surface area contributed by atoms with Crippen LogP contribution in [0, 0.1) is 0 Å². The summed E-state index contributed by atoms with van der Waals surface area (Å²) in [6.45, 7) is 1.04. The van der Waals surface area contributed by atoms with Gasteiger partial charge in [-0.15, -0.1) is 0 Å². The Morgan fingerprint density at radius 2 is 1.38 bits per heavy atom. The van der Waals surface area contributed by atoms with E-state index in [0.29, 0.717) is 6.42 Å². The van der Waals surface area contributed by atoms with Crippen LogP contribution in [0.3, 0.4) is 0 Å². The zero-order valence-corrected chi connectivity index (χ0v) is 11.2. The summed E-state index contributed by atoms with van der Waals surface area (Å²) in [6.07, 6.45) is -12.7. The molecule has 21 heavy (non-hydrogen) atoms. The molecule has 0 heterocycles. The number of unbranched alkanes of at least 4 members (excludes halogenated alkanes) is 1. The zero-order chi connectivity index (χ0) is 17.3. The number of aliphatic hydroxyl groups excluding tert-OH is 1. The molecule has 0 aromatic carbocycles. The average molecular weight is 330 g/mol. The lowest BCUT2D eigenvalue weighted by Gasteiger charge is -2.29. The van der Waals surface area contributed by atoms with Gasteiger partial charge in [-0.1, -0.05) is 13.3 Å². The number of hydrogen-bond acceptors (Lipinski definition) is 2. The number of aliphatic carboxylic acids is 1. The number of aliphatic hydroxyl groups is 1. The number of rotatable bonds is 6. The van der Waals surface area contributed by atoms with Crippen LogP contribution in [0.2, 0.25) is 0 Å². The van der Waals surface area contributed by atoms with Crippen LogP contribution in [0.25, 0.3) is 0 Å². The lowest BCUT2D eigenvalue weighted by atomic mass is 9.98. The van der Waals surface area contributed by atoms with Crippen molar-refractivity contribution in [1.82, 2.24) is 0 Å². The Labute approximate surface area is 116 Å². The summed E-state index contributed by atoms with van der Waals surface area (Å²) in [6, 6.07) is 0. The smallest absolute Gasteiger partial charge is 0.431 e. The van der Waals surface area contributed by atoms with Crippen LogP contribution in [0.1, 0.15) is 39.0 Å². The van der Waals surface area contributed by atoms with E-state index in [0.717, 1.165) is 12.8 Å². The summed E-state index contributed by atoms with van der Waals surface area (Å²) >= 11 is 0. The quantitative estimate of drug-likeness (QED) is 0.727. The summed E-state index contributed by atoms with van der Waals surface area (Å²) in [7, 11) is 0. The van der Waals surface area contributed by atoms with E-state index >= 15 is 0 Å². The Hall–Kier alpha value is -1.06. The van der Waals surface area contributed by atoms with Gasteiger partial charge in [0.15, 0.2) is 0 Å². The number of carboxylic acids is 1. The number of carbonyl (C=O) groups is 1. The predicted octanol–water partition coefficient (Wildman–Crippen LogP) is 3.85. The van der Waals surface area contributed by atoms with Crippen LogP contribution >= 0.6 is 0 Å². The van der Waals surface area contributed by atoms with Crippen molar-refractivity contribution in [3.05, 3.63) is 0 Å².